The molecule has 0 saturated heterocycles. The first kappa shape index (κ1) is 17.9. The molecule has 0 fully saturated rings. The van der Waals surface area contributed by atoms with Crippen molar-refractivity contribution in [2.45, 2.75) is 33.6 Å². The summed E-state index contributed by atoms with van der Waals surface area (Å²) in [5, 5.41) is 14.8. The second-order valence-electron chi connectivity index (χ2n) is 6.58. The van der Waals surface area contributed by atoms with Gasteiger partial charge in [-0.1, -0.05) is 48.0 Å². The fourth-order valence-corrected chi connectivity index (χ4v) is 3.08. The fourth-order valence-electron chi connectivity index (χ4n) is 3.08. The molecule has 3 aromatic rings. The van der Waals surface area contributed by atoms with E-state index in [1.54, 1.807) is 6.20 Å². The Hall–Kier alpha value is -2.95. The third-order valence-electron chi connectivity index (χ3n) is 4.26. The van der Waals surface area contributed by atoms with Gasteiger partial charge in [-0.05, 0) is 50.3 Å². The van der Waals surface area contributed by atoms with Gasteiger partial charge in [0.05, 0.1) is 6.20 Å². The smallest absolute Gasteiger partial charge is 0.249 e. The monoisotopic (exact) mass is 347 g/mol. The molecule has 5 nitrogen and oxygen atoms in total. The number of anilines is 3. The van der Waals surface area contributed by atoms with E-state index in [1.807, 2.05) is 6.07 Å². The van der Waals surface area contributed by atoms with Gasteiger partial charge in [-0.25, -0.2) is 0 Å². The summed E-state index contributed by atoms with van der Waals surface area (Å²) in [6.45, 7) is 7.11. The zero-order valence-corrected chi connectivity index (χ0v) is 15.6. The topological polar surface area (TPSA) is 62.7 Å². The summed E-state index contributed by atoms with van der Waals surface area (Å²) in [6, 6.07) is 14.8. The van der Waals surface area contributed by atoms with Crippen LogP contribution in [-0.2, 0) is 6.42 Å². The molecule has 0 aliphatic rings. The van der Waals surface area contributed by atoms with Crippen molar-refractivity contribution in [3.05, 3.63) is 70.9 Å². The van der Waals surface area contributed by atoms with Gasteiger partial charge in [-0.15, -0.1) is 5.10 Å². The Morgan fingerprint density at radius 2 is 1.69 bits per heavy atom. The van der Waals surface area contributed by atoms with E-state index >= 15 is 0 Å². The Morgan fingerprint density at radius 3 is 2.42 bits per heavy atom. The van der Waals surface area contributed by atoms with Gasteiger partial charge in [0.25, 0.3) is 0 Å². The van der Waals surface area contributed by atoms with E-state index in [0.717, 1.165) is 30.9 Å². The molecule has 0 unspecified atom stereocenters. The third kappa shape index (κ3) is 4.79. The molecule has 0 aliphatic carbocycles. The van der Waals surface area contributed by atoms with Crippen LogP contribution in [0.1, 0.15) is 28.7 Å². The van der Waals surface area contributed by atoms with Crippen LogP contribution in [0, 0.1) is 20.8 Å². The summed E-state index contributed by atoms with van der Waals surface area (Å²) in [4.78, 5) is 4.52. The molecule has 0 amide bonds. The molecule has 2 N–H and O–H groups in total. The molecule has 2 aromatic carbocycles. The van der Waals surface area contributed by atoms with Crippen molar-refractivity contribution >= 4 is 17.5 Å². The molecule has 0 bridgehead atoms. The maximum atomic E-state index is 4.52. The Kier molecular flexibility index (Phi) is 5.79. The Labute approximate surface area is 154 Å². The molecule has 26 heavy (non-hydrogen) atoms. The summed E-state index contributed by atoms with van der Waals surface area (Å²) in [6.07, 6.45) is 3.73. The number of aryl methyl sites for hydroxylation is 4. The van der Waals surface area contributed by atoms with Crippen LogP contribution in [0.5, 0.6) is 0 Å². The highest BCUT2D eigenvalue weighted by molar-refractivity contribution is 5.64. The van der Waals surface area contributed by atoms with E-state index in [-0.39, 0.29) is 0 Å². The molecular weight excluding hydrogens is 322 g/mol. The molecule has 1 heterocycles. The lowest BCUT2D eigenvalue weighted by atomic mass is 10.1. The lowest BCUT2D eigenvalue weighted by molar-refractivity contribution is 0.853. The Balaban J connectivity index is 1.58. The number of nitrogens with one attached hydrogen (secondary N) is 2. The lowest BCUT2D eigenvalue weighted by Crippen LogP contribution is -2.08. The van der Waals surface area contributed by atoms with Crippen LogP contribution < -0.4 is 10.6 Å². The molecule has 5 heteroatoms. The number of hydrogen-bond acceptors (Lipinski definition) is 5. The van der Waals surface area contributed by atoms with E-state index in [4.69, 9.17) is 0 Å². The minimum absolute atomic E-state index is 0.508. The Bertz CT molecular complexity index is 838. The zero-order chi connectivity index (χ0) is 18.4. The van der Waals surface area contributed by atoms with Gasteiger partial charge < -0.3 is 10.6 Å². The van der Waals surface area contributed by atoms with E-state index < -0.39 is 0 Å². The van der Waals surface area contributed by atoms with E-state index in [1.165, 1.54) is 22.3 Å². The van der Waals surface area contributed by atoms with Crippen LogP contribution in [0.4, 0.5) is 17.5 Å². The average molecular weight is 347 g/mol. The largest absolute Gasteiger partial charge is 0.369 e. The summed E-state index contributed by atoms with van der Waals surface area (Å²) in [5.74, 6) is 1.24. The van der Waals surface area contributed by atoms with E-state index in [2.05, 4.69) is 83.0 Å². The Morgan fingerprint density at radius 1 is 0.962 bits per heavy atom. The first-order valence-electron chi connectivity index (χ1n) is 8.94. The van der Waals surface area contributed by atoms with Crippen LogP contribution in [0.2, 0.25) is 0 Å². The van der Waals surface area contributed by atoms with Crippen molar-refractivity contribution in [2.75, 3.05) is 17.2 Å². The van der Waals surface area contributed by atoms with Crippen molar-refractivity contribution in [3.8, 4) is 0 Å². The molecule has 3 rings (SSSR count). The molecule has 0 spiro atoms. The SMILES string of the molecule is Cc1cc(C)c(Nc2nncc(NCCCc3ccccc3)n2)c(C)c1. The first-order valence-corrected chi connectivity index (χ1v) is 8.94. The zero-order valence-electron chi connectivity index (χ0n) is 15.6. The summed E-state index contributed by atoms with van der Waals surface area (Å²) < 4.78 is 0. The quantitative estimate of drug-likeness (QED) is 0.612. The van der Waals surface area contributed by atoms with Gasteiger partial charge >= 0.3 is 0 Å². The lowest BCUT2D eigenvalue weighted by Gasteiger charge is -2.13. The standard InChI is InChI=1S/C21H25N5/c1-15-12-16(2)20(17(3)13-15)25-21-24-19(14-23-26-21)22-11-7-10-18-8-5-4-6-9-18/h4-6,8-9,12-14H,7,10-11H2,1-3H3,(H2,22,24,25,26). The van der Waals surface area contributed by atoms with Crippen molar-refractivity contribution in [1.82, 2.24) is 15.2 Å². The number of benzene rings is 2. The molecular formula is C21H25N5. The second-order valence-corrected chi connectivity index (χ2v) is 6.58. The molecule has 0 radical (unpaired) electrons. The fraction of sp³-hybridized carbons (Fsp3) is 0.286. The number of aromatic nitrogens is 3. The number of rotatable bonds is 7. The molecule has 134 valence electrons. The van der Waals surface area contributed by atoms with Crippen LogP contribution in [0.3, 0.4) is 0 Å². The van der Waals surface area contributed by atoms with Gasteiger partial charge in [-0.3, -0.25) is 0 Å². The molecule has 0 atom stereocenters. The molecule has 0 aliphatic heterocycles. The highest BCUT2D eigenvalue weighted by Crippen LogP contribution is 2.24. The number of hydrogen-bond donors (Lipinski definition) is 2. The minimum atomic E-state index is 0.508. The van der Waals surface area contributed by atoms with Crippen molar-refractivity contribution in [1.29, 1.82) is 0 Å². The average Bonchev–Trinajstić information content (AvgIpc) is 2.63. The van der Waals surface area contributed by atoms with Gasteiger partial charge in [0, 0.05) is 12.2 Å². The number of nitrogens with zero attached hydrogens (tertiary/aromatic N) is 3. The third-order valence-corrected chi connectivity index (χ3v) is 4.26. The molecule has 0 saturated carbocycles. The maximum Gasteiger partial charge on any atom is 0.249 e. The maximum absolute atomic E-state index is 4.52. The van der Waals surface area contributed by atoms with Crippen LogP contribution in [0.25, 0.3) is 0 Å². The summed E-state index contributed by atoms with van der Waals surface area (Å²) in [5.41, 5.74) is 5.99. The normalized spacial score (nSPS) is 10.6. The summed E-state index contributed by atoms with van der Waals surface area (Å²) >= 11 is 0. The first-order chi connectivity index (χ1) is 12.6. The highest BCUT2D eigenvalue weighted by Gasteiger charge is 2.07. The van der Waals surface area contributed by atoms with Crippen molar-refractivity contribution < 1.29 is 0 Å². The molecule has 1 aromatic heterocycles. The predicted molar refractivity (Wildman–Crippen MR) is 107 cm³/mol. The van der Waals surface area contributed by atoms with Gasteiger partial charge in [0.15, 0.2) is 5.82 Å². The summed E-state index contributed by atoms with van der Waals surface area (Å²) in [7, 11) is 0. The van der Waals surface area contributed by atoms with E-state index in [0.29, 0.717) is 5.95 Å². The van der Waals surface area contributed by atoms with Crippen molar-refractivity contribution in [3.63, 3.8) is 0 Å². The van der Waals surface area contributed by atoms with Gasteiger partial charge in [-0.2, -0.15) is 10.1 Å². The van der Waals surface area contributed by atoms with Gasteiger partial charge in [0.2, 0.25) is 5.95 Å². The minimum Gasteiger partial charge on any atom is -0.369 e. The van der Waals surface area contributed by atoms with Crippen LogP contribution >= 0.6 is 0 Å². The second kappa shape index (κ2) is 8.43. The highest BCUT2D eigenvalue weighted by atomic mass is 15.3. The van der Waals surface area contributed by atoms with Gasteiger partial charge in [0.1, 0.15) is 0 Å². The van der Waals surface area contributed by atoms with E-state index in [9.17, 15) is 0 Å². The van der Waals surface area contributed by atoms with Crippen LogP contribution in [0.15, 0.2) is 48.7 Å². The predicted octanol–water partition coefficient (Wildman–Crippen LogP) is 4.59. The van der Waals surface area contributed by atoms with Crippen LogP contribution in [-0.4, -0.2) is 21.7 Å². The van der Waals surface area contributed by atoms with Crippen molar-refractivity contribution in [2.24, 2.45) is 0 Å².